The summed E-state index contributed by atoms with van der Waals surface area (Å²) in [6.45, 7) is 0.0442. The number of ether oxygens (including phenoxy) is 2. The van der Waals surface area contributed by atoms with Crippen molar-refractivity contribution in [1.82, 2.24) is 0 Å². The minimum Gasteiger partial charge on any atom is -0.432 e. The zero-order valence-electron chi connectivity index (χ0n) is 13.6. The van der Waals surface area contributed by atoms with Gasteiger partial charge in [-0.2, -0.15) is 17.6 Å². The third-order valence-electron chi connectivity index (χ3n) is 3.66. The van der Waals surface area contributed by atoms with Crippen molar-refractivity contribution in [3.63, 3.8) is 0 Å². The zero-order chi connectivity index (χ0) is 18.6. The molecule has 0 saturated carbocycles. The number of hydrogen-bond donors (Lipinski definition) is 0. The summed E-state index contributed by atoms with van der Waals surface area (Å²) in [5.74, 6) is -1.74. The molecule has 0 aromatic heterocycles. The van der Waals surface area contributed by atoms with Crippen molar-refractivity contribution in [3.8, 4) is 5.75 Å². The molecule has 0 bridgehead atoms. The van der Waals surface area contributed by atoms with Gasteiger partial charge in [0.25, 0.3) is 0 Å². The monoisotopic (exact) mass is 360 g/mol. The highest BCUT2D eigenvalue weighted by Crippen LogP contribution is 2.36. The number of rotatable bonds is 7. The molecule has 0 radical (unpaired) electrons. The molecule has 0 fully saturated rings. The van der Waals surface area contributed by atoms with Crippen LogP contribution in [0.3, 0.4) is 0 Å². The van der Waals surface area contributed by atoms with Crippen LogP contribution in [-0.4, -0.2) is 6.61 Å². The molecule has 0 aliphatic heterocycles. The van der Waals surface area contributed by atoms with E-state index in [1.165, 1.54) is 25.1 Å². The quantitative estimate of drug-likeness (QED) is 0.580. The molecule has 2 rings (SSSR count). The summed E-state index contributed by atoms with van der Waals surface area (Å²) in [5, 5.41) is 0. The van der Waals surface area contributed by atoms with Gasteiger partial charge in [-0.15, -0.1) is 0 Å². The largest absolute Gasteiger partial charge is 0.432 e. The fourth-order valence-electron chi connectivity index (χ4n) is 2.25. The van der Waals surface area contributed by atoms with Gasteiger partial charge < -0.3 is 9.47 Å². The maximum absolute atomic E-state index is 14.2. The van der Waals surface area contributed by atoms with Crippen molar-refractivity contribution in [1.29, 1.82) is 0 Å². The van der Waals surface area contributed by atoms with Gasteiger partial charge in [0.2, 0.25) is 0 Å². The zero-order valence-corrected chi connectivity index (χ0v) is 13.6. The van der Waals surface area contributed by atoms with Crippen molar-refractivity contribution < 1.29 is 31.4 Å². The predicted octanol–water partition coefficient (Wildman–Crippen LogP) is 5.82. The van der Waals surface area contributed by atoms with Crippen LogP contribution in [0, 0.1) is 5.82 Å². The summed E-state index contributed by atoms with van der Waals surface area (Å²) >= 11 is 0. The fraction of sp³-hybridized carbons (Fsp3) is 0.333. The lowest BCUT2D eigenvalue weighted by Gasteiger charge is -2.23. The van der Waals surface area contributed by atoms with Gasteiger partial charge in [0.05, 0.1) is 11.7 Å². The van der Waals surface area contributed by atoms with E-state index in [0.29, 0.717) is 0 Å². The smallest absolute Gasteiger partial charge is 0.387 e. The van der Waals surface area contributed by atoms with E-state index in [2.05, 4.69) is 4.74 Å². The number of benzene rings is 2. The van der Waals surface area contributed by atoms with Crippen LogP contribution in [0.4, 0.5) is 22.0 Å². The first-order valence-corrected chi connectivity index (χ1v) is 7.62. The minimum absolute atomic E-state index is 0.0731. The lowest BCUT2D eigenvalue weighted by atomic mass is 10.1. The second kappa shape index (κ2) is 7.82. The Morgan fingerprint density at radius 3 is 2.20 bits per heavy atom. The summed E-state index contributed by atoms with van der Waals surface area (Å²) in [7, 11) is 0. The first-order chi connectivity index (χ1) is 11.7. The Balaban J connectivity index is 2.14. The Labute approximate surface area is 142 Å². The van der Waals surface area contributed by atoms with Crippen LogP contribution in [0.25, 0.3) is 0 Å². The van der Waals surface area contributed by atoms with E-state index in [-0.39, 0.29) is 11.1 Å². The third kappa shape index (κ3) is 4.92. The Morgan fingerprint density at radius 2 is 1.68 bits per heavy atom. The highest BCUT2D eigenvalue weighted by molar-refractivity contribution is 5.31. The van der Waals surface area contributed by atoms with Crippen LogP contribution in [0.5, 0.6) is 5.75 Å². The van der Waals surface area contributed by atoms with Gasteiger partial charge in [0.1, 0.15) is 0 Å². The van der Waals surface area contributed by atoms with Gasteiger partial charge in [-0.1, -0.05) is 37.3 Å². The fourth-order valence-corrected chi connectivity index (χ4v) is 2.25. The summed E-state index contributed by atoms with van der Waals surface area (Å²) in [6.07, 6.45) is -4.04. The van der Waals surface area contributed by atoms with Gasteiger partial charge in [-0.3, -0.25) is 0 Å². The van der Waals surface area contributed by atoms with E-state index < -0.39 is 30.4 Å². The van der Waals surface area contributed by atoms with Crippen molar-refractivity contribution in [2.45, 2.75) is 39.1 Å². The molecule has 7 heteroatoms. The first kappa shape index (κ1) is 19.2. The summed E-state index contributed by atoms with van der Waals surface area (Å²) in [6, 6.07) is 8.67. The van der Waals surface area contributed by atoms with E-state index in [1.54, 1.807) is 12.1 Å². The Morgan fingerprint density at radius 1 is 1.04 bits per heavy atom. The lowest BCUT2D eigenvalue weighted by molar-refractivity contribution is -0.272. The van der Waals surface area contributed by atoms with Crippen LogP contribution in [0.15, 0.2) is 42.5 Å². The van der Waals surface area contributed by atoms with Gasteiger partial charge in [-0.05, 0) is 36.6 Å². The van der Waals surface area contributed by atoms with Gasteiger partial charge in [0.15, 0.2) is 11.6 Å². The minimum atomic E-state index is -3.58. The highest BCUT2D eigenvalue weighted by Gasteiger charge is 2.35. The molecule has 136 valence electrons. The summed E-state index contributed by atoms with van der Waals surface area (Å²) in [4.78, 5) is 0. The standard InChI is InChI=1S/C18H17F5O2/c1-3-12-4-7-14(8-5-12)18(22,23)25-11(2)13-6-9-16(15(19)10-13)24-17(20)21/h4-11,17H,3H2,1-2H3. The summed E-state index contributed by atoms with van der Waals surface area (Å²) in [5.41, 5.74) is 0.655. The number of alkyl halides is 4. The maximum Gasteiger partial charge on any atom is 0.387 e. The topological polar surface area (TPSA) is 18.5 Å². The Hall–Kier alpha value is -2.15. The van der Waals surface area contributed by atoms with E-state index in [1.807, 2.05) is 6.92 Å². The molecular formula is C18H17F5O2. The molecule has 0 aliphatic rings. The molecule has 0 spiro atoms. The van der Waals surface area contributed by atoms with Crippen molar-refractivity contribution in [3.05, 3.63) is 65.0 Å². The second-order valence-electron chi connectivity index (χ2n) is 5.40. The third-order valence-corrected chi connectivity index (χ3v) is 3.66. The Bertz CT molecular complexity index is 701. The molecular weight excluding hydrogens is 343 g/mol. The highest BCUT2D eigenvalue weighted by atomic mass is 19.3. The van der Waals surface area contributed by atoms with Gasteiger partial charge in [-0.25, -0.2) is 4.39 Å². The van der Waals surface area contributed by atoms with Crippen LogP contribution in [0.1, 0.15) is 36.6 Å². The maximum atomic E-state index is 14.2. The molecule has 0 aliphatic carbocycles. The van der Waals surface area contributed by atoms with Crippen LogP contribution >= 0.6 is 0 Å². The molecule has 2 nitrogen and oxygen atoms in total. The van der Waals surface area contributed by atoms with Gasteiger partial charge in [0, 0.05) is 0 Å². The number of hydrogen-bond acceptors (Lipinski definition) is 2. The summed E-state index contributed by atoms with van der Waals surface area (Å²) < 4.78 is 75.2. The van der Waals surface area contributed by atoms with Crippen LogP contribution in [0.2, 0.25) is 0 Å². The molecule has 0 N–H and O–H groups in total. The lowest BCUT2D eigenvalue weighted by Crippen LogP contribution is -2.20. The SMILES string of the molecule is CCc1ccc(C(F)(F)OC(C)c2ccc(OC(F)F)c(F)c2)cc1. The van der Waals surface area contributed by atoms with E-state index in [9.17, 15) is 22.0 Å². The first-order valence-electron chi connectivity index (χ1n) is 7.62. The average Bonchev–Trinajstić information content (AvgIpc) is 2.56. The van der Waals surface area contributed by atoms with Crippen molar-refractivity contribution in [2.75, 3.05) is 0 Å². The van der Waals surface area contributed by atoms with Crippen molar-refractivity contribution in [2.24, 2.45) is 0 Å². The predicted molar refractivity (Wildman–Crippen MR) is 82.2 cm³/mol. The van der Waals surface area contributed by atoms with Gasteiger partial charge >= 0.3 is 12.7 Å². The molecule has 0 amide bonds. The van der Waals surface area contributed by atoms with E-state index in [4.69, 9.17) is 4.74 Å². The van der Waals surface area contributed by atoms with Crippen molar-refractivity contribution >= 4 is 0 Å². The molecule has 1 unspecified atom stereocenters. The number of halogens is 5. The van der Waals surface area contributed by atoms with E-state index in [0.717, 1.165) is 24.1 Å². The van der Waals surface area contributed by atoms with Crippen LogP contribution in [-0.2, 0) is 17.3 Å². The molecule has 0 saturated heterocycles. The molecule has 25 heavy (non-hydrogen) atoms. The Kier molecular flexibility index (Phi) is 6.00. The number of aryl methyl sites for hydroxylation is 1. The van der Waals surface area contributed by atoms with Crippen LogP contribution < -0.4 is 4.74 Å². The molecule has 1 atom stereocenters. The normalized spacial score (nSPS) is 13.1. The second-order valence-corrected chi connectivity index (χ2v) is 5.40. The molecule has 2 aromatic carbocycles. The van der Waals surface area contributed by atoms with E-state index >= 15 is 0 Å². The molecule has 0 heterocycles. The molecule has 2 aromatic rings. The average molecular weight is 360 g/mol.